The van der Waals surface area contributed by atoms with Crippen LogP contribution in [0.15, 0.2) is 73.2 Å². The summed E-state index contributed by atoms with van der Waals surface area (Å²) in [5, 5.41) is 6.82. The molecular weight excluding hydrogens is 367 g/mol. The van der Waals surface area contributed by atoms with Crippen LogP contribution in [-0.2, 0) is 6.18 Å². The number of hydrogen-bond donors (Lipinski definition) is 2. The van der Waals surface area contributed by atoms with E-state index in [1.54, 1.807) is 6.20 Å². The molecule has 0 radical (unpaired) electrons. The SMILES string of the molecule is FC(F)(F)c1ccccc1Nc1cc(Nc2cccc3cccnc23)ncn1. The third-order valence-electron chi connectivity index (χ3n) is 4.06. The molecule has 28 heavy (non-hydrogen) atoms. The van der Waals surface area contributed by atoms with Gasteiger partial charge in [-0.2, -0.15) is 13.2 Å². The van der Waals surface area contributed by atoms with Crippen LogP contribution in [0.2, 0.25) is 0 Å². The second kappa shape index (κ2) is 7.15. The van der Waals surface area contributed by atoms with Crippen molar-refractivity contribution in [2.45, 2.75) is 6.18 Å². The summed E-state index contributed by atoms with van der Waals surface area (Å²) in [6.07, 6.45) is -1.50. The molecule has 8 heteroatoms. The van der Waals surface area contributed by atoms with E-state index in [-0.39, 0.29) is 11.5 Å². The van der Waals surface area contributed by atoms with Gasteiger partial charge >= 0.3 is 6.18 Å². The van der Waals surface area contributed by atoms with Crippen molar-refractivity contribution in [3.8, 4) is 0 Å². The predicted octanol–water partition coefficient (Wildman–Crippen LogP) is 5.53. The number of anilines is 4. The van der Waals surface area contributed by atoms with Gasteiger partial charge in [-0.1, -0.05) is 30.3 Å². The lowest BCUT2D eigenvalue weighted by Crippen LogP contribution is -2.09. The molecule has 0 fully saturated rings. The van der Waals surface area contributed by atoms with Gasteiger partial charge in [-0.15, -0.1) is 0 Å². The zero-order valence-electron chi connectivity index (χ0n) is 14.4. The van der Waals surface area contributed by atoms with Crippen molar-refractivity contribution in [1.82, 2.24) is 15.0 Å². The predicted molar refractivity (Wildman–Crippen MR) is 102 cm³/mol. The summed E-state index contributed by atoms with van der Waals surface area (Å²) in [5.41, 5.74) is 0.659. The van der Waals surface area contributed by atoms with Crippen LogP contribution in [0, 0.1) is 0 Å². The molecule has 2 N–H and O–H groups in total. The van der Waals surface area contributed by atoms with Crippen LogP contribution in [0.5, 0.6) is 0 Å². The Morgan fingerprint density at radius 1 is 0.714 bits per heavy atom. The van der Waals surface area contributed by atoms with Crippen molar-refractivity contribution in [1.29, 1.82) is 0 Å². The number of nitrogens with zero attached hydrogens (tertiary/aromatic N) is 3. The zero-order chi connectivity index (χ0) is 19.6. The summed E-state index contributed by atoms with van der Waals surface area (Å²) in [7, 11) is 0. The van der Waals surface area contributed by atoms with E-state index in [2.05, 4.69) is 25.6 Å². The van der Waals surface area contributed by atoms with E-state index in [9.17, 15) is 13.2 Å². The molecule has 0 aliphatic rings. The third kappa shape index (κ3) is 3.71. The maximum atomic E-state index is 13.2. The van der Waals surface area contributed by atoms with Gasteiger partial charge in [0.25, 0.3) is 0 Å². The number of para-hydroxylation sites is 2. The Kier molecular flexibility index (Phi) is 4.52. The summed E-state index contributed by atoms with van der Waals surface area (Å²) in [6, 6.07) is 16.2. The minimum absolute atomic E-state index is 0.0773. The first-order valence-corrected chi connectivity index (χ1v) is 8.37. The lowest BCUT2D eigenvalue weighted by Gasteiger charge is -2.14. The van der Waals surface area contributed by atoms with Crippen LogP contribution in [0.3, 0.4) is 0 Å². The Balaban J connectivity index is 1.63. The van der Waals surface area contributed by atoms with E-state index in [4.69, 9.17) is 0 Å². The summed E-state index contributed by atoms with van der Waals surface area (Å²) in [4.78, 5) is 12.5. The van der Waals surface area contributed by atoms with Gasteiger partial charge in [-0.05, 0) is 24.3 Å². The van der Waals surface area contributed by atoms with Gasteiger partial charge in [-0.25, -0.2) is 9.97 Å². The zero-order valence-corrected chi connectivity index (χ0v) is 14.4. The van der Waals surface area contributed by atoms with E-state index in [1.807, 2.05) is 30.3 Å². The van der Waals surface area contributed by atoms with E-state index in [0.717, 1.165) is 22.7 Å². The van der Waals surface area contributed by atoms with Gasteiger partial charge < -0.3 is 10.6 Å². The second-order valence-electron chi connectivity index (χ2n) is 5.96. The van der Waals surface area contributed by atoms with Gasteiger partial charge in [0, 0.05) is 17.6 Å². The highest BCUT2D eigenvalue weighted by atomic mass is 19.4. The number of alkyl halides is 3. The molecule has 0 aliphatic heterocycles. The Morgan fingerprint density at radius 3 is 2.18 bits per heavy atom. The molecule has 0 atom stereocenters. The van der Waals surface area contributed by atoms with E-state index < -0.39 is 11.7 Å². The van der Waals surface area contributed by atoms with Crippen LogP contribution in [0.4, 0.5) is 36.2 Å². The Morgan fingerprint density at radius 2 is 1.39 bits per heavy atom. The molecule has 0 unspecified atom stereocenters. The fourth-order valence-electron chi connectivity index (χ4n) is 2.81. The van der Waals surface area contributed by atoms with Crippen molar-refractivity contribution in [3.63, 3.8) is 0 Å². The standard InChI is InChI=1S/C20H14F3N5/c21-20(22,23)14-7-1-2-8-15(14)27-17-11-18(26-12-25-17)28-16-9-3-5-13-6-4-10-24-19(13)16/h1-12H,(H2,25,26,27,28). The van der Waals surface area contributed by atoms with Gasteiger partial charge in [0.05, 0.1) is 22.5 Å². The molecule has 5 nitrogen and oxygen atoms in total. The number of rotatable bonds is 4. The minimum atomic E-state index is -4.47. The molecule has 2 heterocycles. The van der Waals surface area contributed by atoms with Gasteiger partial charge in [0.1, 0.15) is 18.0 Å². The quantitative estimate of drug-likeness (QED) is 0.487. The Hall–Kier alpha value is -3.68. The fraction of sp³-hybridized carbons (Fsp3) is 0.0500. The third-order valence-corrected chi connectivity index (χ3v) is 4.06. The minimum Gasteiger partial charge on any atom is -0.340 e. The molecule has 0 bridgehead atoms. The highest BCUT2D eigenvalue weighted by Crippen LogP contribution is 2.35. The summed E-state index contributed by atoms with van der Waals surface area (Å²) in [5.74, 6) is 0.669. The lowest BCUT2D eigenvalue weighted by molar-refractivity contribution is -0.136. The van der Waals surface area contributed by atoms with E-state index in [0.29, 0.717) is 5.82 Å². The first kappa shape index (κ1) is 17.7. The van der Waals surface area contributed by atoms with Crippen LogP contribution in [0.1, 0.15) is 5.56 Å². The maximum Gasteiger partial charge on any atom is 0.418 e. The van der Waals surface area contributed by atoms with Gasteiger partial charge in [0.2, 0.25) is 0 Å². The number of pyridine rings is 1. The van der Waals surface area contributed by atoms with Crippen molar-refractivity contribution >= 4 is 33.9 Å². The van der Waals surface area contributed by atoms with Crippen molar-refractivity contribution in [3.05, 3.63) is 78.8 Å². The molecule has 4 aromatic rings. The summed E-state index contributed by atoms with van der Waals surface area (Å²) >= 11 is 0. The highest BCUT2D eigenvalue weighted by molar-refractivity contribution is 5.91. The van der Waals surface area contributed by atoms with Crippen LogP contribution >= 0.6 is 0 Å². The van der Waals surface area contributed by atoms with Crippen LogP contribution in [-0.4, -0.2) is 15.0 Å². The number of hydrogen-bond acceptors (Lipinski definition) is 5. The number of benzene rings is 2. The molecule has 0 spiro atoms. The van der Waals surface area contributed by atoms with E-state index >= 15 is 0 Å². The molecule has 0 saturated carbocycles. The van der Waals surface area contributed by atoms with Gasteiger partial charge in [0.15, 0.2) is 0 Å². The molecular formula is C20H14F3N5. The Labute approximate surface area is 158 Å². The second-order valence-corrected chi connectivity index (χ2v) is 5.96. The number of aromatic nitrogens is 3. The normalized spacial score (nSPS) is 11.4. The first-order valence-electron chi connectivity index (χ1n) is 8.37. The van der Waals surface area contributed by atoms with Crippen molar-refractivity contribution < 1.29 is 13.2 Å². The Bertz CT molecular complexity index is 1120. The first-order chi connectivity index (χ1) is 13.5. The number of fused-ring (bicyclic) bond motifs is 1. The van der Waals surface area contributed by atoms with Gasteiger partial charge in [-0.3, -0.25) is 4.98 Å². The lowest BCUT2D eigenvalue weighted by atomic mass is 10.1. The average Bonchev–Trinajstić information content (AvgIpc) is 2.68. The van der Waals surface area contributed by atoms with Crippen LogP contribution < -0.4 is 10.6 Å². The van der Waals surface area contributed by atoms with Crippen LogP contribution in [0.25, 0.3) is 10.9 Å². The molecule has 0 amide bonds. The topological polar surface area (TPSA) is 62.7 Å². The molecule has 4 rings (SSSR count). The molecule has 0 aliphatic carbocycles. The van der Waals surface area contributed by atoms with Crippen molar-refractivity contribution in [2.75, 3.05) is 10.6 Å². The summed E-state index contributed by atoms with van der Waals surface area (Å²) in [6.45, 7) is 0. The molecule has 2 aromatic carbocycles. The molecule has 0 saturated heterocycles. The molecule has 2 aromatic heterocycles. The smallest absolute Gasteiger partial charge is 0.340 e. The number of halogens is 3. The molecule has 140 valence electrons. The fourth-order valence-corrected chi connectivity index (χ4v) is 2.81. The maximum absolute atomic E-state index is 13.2. The highest BCUT2D eigenvalue weighted by Gasteiger charge is 2.33. The van der Waals surface area contributed by atoms with Crippen molar-refractivity contribution in [2.24, 2.45) is 0 Å². The van der Waals surface area contributed by atoms with E-state index in [1.165, 1.54) is 30.6 Å². The summed E-state index contributed by atoms with van der Waals surface area (Å²) < 4.78 is 39.5. The monoisotopic (exact) mass is 381 g/mol. The largest absolute Gasteiger partial charge is 0.418 e. The average molecular weight is 381 g/mol. The number of nitrogens with one attached hydrogen (secondary N) is 2.